The molecule has 0 radical (unpaired) electrons. The van der Waals surface area contributed by atoms with Crippen LogP contribution < -0.4 is 9.47 Å². The number of nitro groups is 1. The van der Waals surface area contributed by atoms with E-state index in [1.54, 1.807) is 12.1 Å². The number of rotatable bonds is 7. The summed E-state index contributed by atoms with van der Waals surface area (Å²) in [5.41, 5.74) is 0.980. The van der Waals surface area contributed by atoms with Gasteiger partial charge in [0, 0.05) is 12.1 Å². The number of nitrogens with zero attached hydrogens (tertiary/aromatic N) is 1. The smallest absolute Gasteiger partial charge is 0.315 e. The zero-order chi connectivity index (χ0) is 18.9. The molecule has 0 aliphatic heterocycles. The molecule has 0 aromatic heterocycles. The van der Waals surface area contributed by atoms with Crippen molar-refractivity contribution in [1.82, 2.24) is 0 Å². The van der Waals surface area contributed by atoms with Gasteiger partial charge in [0.25, 0.3) is 5.69 Å². The number of hydrogen-bond acceptors (Lipinski definition) is 6. The number of hydrogen-bond donors (Lipinski definition) is 0. The zero-order valence-corrected chi connectivity index (χ0v) is 14.1. The fraction of sp³-hybridized carbons (Fsp3) is 0.158. The average molecular weight is 355 g/mol. The van der Waals surface area contributed by atoms with E-state index in [4.69, 9.17) is 9.47 Å². The highest BCUT2D eigenvalue weighted by atomic mass is 16.6. The van der Waals surface area contributed by atoms with Gasteiger partial charge >= 0.3 is 11.9 Å². The third kappa shape index (κ3) is 6.20. The van der Waals surface area contributed by atoms with Crippen molar-refractivity contribution in [2.75, 3.05) is 0 Å². The number of benzene rings is 2. The first-order valence-corrected chi connectivity index (χ1v) is 7.81. The third-order valence-electron chi connectivity index (χ3n) is 3.27. The highest BCUT2D eigenvalue weighted by molar-refractivity contribution is 5.75. The highest BCUT2D eigenvalue weighted by Crippen LogP contribution is 2.17. The normalized spacial score (nSPS) is 10.5. The number of non-ortho nitro benzene ring substituents is 1. The monoisotopic (exact) mass is 355 g/mol. The summed E-state index contributed by atoms with van der Waals surface area (Å²) in [7, 11) is 0. The number of carbonyl (C=O) groups excluding carboxylic acids is 2. The standard InChI is InChI=1S/C19H17NO6/c1-14-6-10-16(11-7-14)25-18(21)4-2-3-5-19(22)26-17-12-8-15(9-13-17)20(23)24/h2-3,6-13H,4-5H2,1H3/b3-2+. The molecule has 0 heterocycles. The second-order valence-corrected chi connectivity index (χ2v) is 5.39. The second kappa shape index (κ2) is 9.12. The van der Waals surface area contributed by atoms with Crippen molar-refractivity contribution < 1.29 is 24.0 Å². The minimum absolute atomic E-state index is 0.0265. The molecule has 2 aromatic carbocycles. The van der Waals surface area contributed by atoms with Crippen molar-refractivity contribution in [2.45, 2.75) is 19.8 Å². The van der Waals surface area contributed by atoms with Crippen LogP contribution in [0.1, 0.15) is 18.4 Å². The lowest BCUT2D eigenvalue weighted by atomic mass is 10.2. The van der Waals surface area contributed by atoms with Crippen LogP contribution in [0.3, 0.4) is 0 Å². The maximum Gasteiger partial charge on any atom is 0.315 e. The topological polar surface area (TPSA) is 95.7 Å². The number of esters is 2. The van der Waals surface area contributed by atoms with E-state index in [-0.39, 0.29) is 24.3 Å². The molecule has 2 aromatic rings. The van der Waals surface area contributed by atoms with E-state index in [9.17, 15) is 19.7 Å². The maximum atomic E-state index is 11.7. The summed E-state index contributed by atoms with van der Waals surface area (Å²) in [4.78, 5) is 33.4. The molecule has 0 bridgehead atoms. The molecule has 0 aliphatic rings. The number of aryl methyl sites for hydroxylation is 1. The first-order chi connectivity index (χ1) is 12.4. The largest absolute Gasteiger partial charge is 0.426 e. The molecule has 0 saturated carbocycles. The van der Waals surface area contributed by atoms with Gasteiger partial charge in [-0.25, -0.2) is 0 Å². The molecular formula is C19H17NO6. The molecule has 0 amide bonds. The van der Waals surface area contributed by atoms with Crippen molar-refractivity contribution in [3.05, 3.63) is 76.4 Å². The Labute approximate surface area is 150 Å². The van der Waals surface area contributed by atoms with Crippen molar-refractivity contribution in [2.24, 2.45) is 0 Å². The fourth-order valence-corrected chi connectivity index (χ4v) is 1.95. The average Bonchev–Trinajstić information content (AvgIpc) is 2.61. The molecule has 0 saturated heterocycles. The van der Waals surface area contributed by atoms with Crippen molar-refractivity contribution >= 4 is 17.6 Å². The van der Waals surface area contributed by atoms with E-state index in [1.807, 2.05) is 19.1 Å². The molecule has 2 rings (SSSR count). The quantitative estimate of drug-likeness (QED) is 0.247. The summed E-state index contributed by atoms with van der Waals surface area (Å²) in [5.74, 6) is -0.296. The molecule has 7 heteroatoms. The van der Waals surface area contributed by atoms with Gasteiger partial charge in [0.05, 0.1) is 17.8 Å². The van der Waals surface area contributed by atoms with Crippen LogP contribution >= 0.6 is 0 Å². The van der Waals surface area contributed by atoms with E-state index >= 15 is 0 Å². The Bertz CT molecular complexity index is 809. The highest BCUT2D eigenvalue weighted by Gasteiger charge is 2.07. The van der Waals surface area contributed by atoms with Gasteiger partial charge in [0.2, 0.25) is 0 Å². The Hall–Kier alpha value is -3.48. The molecule has 0 spiro atoms. The molecule has 26 heavy (non-hydrogen) atoms. The van der Waals surface area contributed by atoms with Crippen LogP contribution in [0.15, 0.2) is 60.7 Å². The van der Waals surface area contributed by atoms with Crippen LogP contribution in [-0.4, -0.2) is 16.9 Å². The molecule has 0 N–H and O–H groups in total. The van der Waals surface area contributed by atoms with E-state index < -0.39 is 16.9 Å². The molecule has 7 nitrogen and oxygen atoms in total. The predicted octanol–water partition coefficient (Wildman–Crippen LogP) is 3.75. The van der Waals surface area contributed by atoms with E-state index in [0.717, 1.165) is 5.56 Å². The van der Waals surface area contributed by atoms with Crippen LogP contribution in [0.25, 0.3) is 0 Å². The summed E-state index contributed by atoms with van der Waals surface area (Å²) in [5, 5.41) is 10.5. The Morgan fingerprint density at radius 3 is 1.73 bits per heavy atom. The van der Waals surface area contributed by atoms with Gasteiger partial charge in [-0.1, -0.05) is 29.8 Å². The summed E-state index contributed by atoms with van der Waals surface area (Å²) in [6.07, 6.45) is 3.02. The third-order valence-corrected chi connectivity index (χ3v) is 3.27. The minimum atomic E-state index is -0.540. The predicted molar refractivity (Wildman–Crippen MR) is 93.9 cm³/mol. The second-order valence-electron chi connectivity index (χ2n) is 5.39. The van der Waals surface area contributed by atoms with Crippen molar-refractivity contribution in [1.29, 1.82) is 0 Å². The Morgan fingerprint density at radius 2 is 1.31 bits per heavy atom. The van der Waals surface area contributed by atoms with Gasteiger partial charge in [-0.2, -0.15) is 0 Å². The lowest BCUT2D eigenvalue weighted by molar-refractivity contribution is -0.384. The summed E-state index contributed by atoms with van der Waals surface area (Å²) in [6, 6.07) is 12.3. The molecule has 134 valence electrons. The first kappa shape index (κ1) is 18.9. The molecule has 0 unspecified atom stereocenters. The Balaban J connectivity index is 1.73. The van der Waals surface area contributed by atoms with Crippen LogP contribution in [0.2, 0.25) is 0 Å². The first-order valence-electron chi connectivity index (χ1n) is 7.81. The summed E-state index contributed by atoms with van der Waals surface area (Å²) in [6.45, 7) is 1.93. The van der Waals surface area contributed by atoms with Crippen molar-refractivity contribution in [3.63, 3.8) is 0 Å². The van der Waals surface area contributed by atoms with Crippen LogP contribution in [0.4, 0.5) is 5.69 Å². The van der Waals surface area contributed by atoms with Gasteiger partial charge in [-0.05, 0) is 31.2 Å². The van der Waals surface area contributed by atoms with E-state index in [2.05, 4.69) is 0 Å². The minimum Gasteiger partial charge on any atom is -0.426 e. The fourth-order valence-electron chi connectivity index (χ4n) is 1.95. The van der Waals surface area contributed by atoms with Crippen molar-refractivity contribution in [3.8, 4) is 11.5 Å². The molecule has 0 fully saturated rings. The van der Waals surface area contributed by atoms with Crippen LogP contribution in [0, 0.1) is 17.0 Å². The Morgan fingerprint density at radius 1 is 0.885 bits per heavy atom. The molecule has 0 atom stereocenters. The summed E-state index contributed by atoms with van der Waals surface area (Å²) < 4.78 is 10.2. The van der Waals surface area contributed by atoms with Gasteiger partial charge in [0.15, 0.2) is 0 Å². The maximum absolute atomic E-state index is 11.7. The summed E-state index contributed by atoms with van der Waals surface area (Å²) >= 11 is 0. The SMILES string of the molecule is Cc1ccc(OC(=O)C/C=C/CC(=O)Oc2ccc([N+](=O)[O-])cc2)cc1. The number of nitro benzene ring substituents is 1. The number of carbonyl (C=O) groups is 2. The van der Waals surface area contributed by atoms with Crippen LogP contribution in [0.5, 0.6) is 11.5 Å². The van der Waals surface area contributed by atoms with Gasteiger partial charge in [-0.3, -0.25) is 19.7 Å². The number of ether oxygens (including phenoxy) is 2. The Kier molecular flexibility index (Phi) is 6.61. The van der Waals surface area contributed by atoms with Gasteiger partial charge < -0.3 is 9.47 Å². The lowest BCUT2D eigenvalue weighted by Gasteiger charge is -2.03. The van der Waals surface area contributed by atoms with E-state index in [0.29, 0.717) is 5.75 Å². The molecule has 0 aliphatic carbocycles. The van der Waals surface area contributed by atoms with Gasteiger partial charge in [-0.15, -0.1) is 0 Å². The molecular weight excluding hydrogens is 338 g/mol. The van der Waals surface area contributed by atoms with E-state index in [1.165, 1.54) is 36.4 Å². The lowest BCUT2D eigenvalue weighted by Crippen LogP contribution is -2.07. The van der Waals surface area contributed by atoms with Gasteiger partial charge in [0.1, 0.15) is 11.5 Å². The zero-order valence-electron chi connectivity index (χ0n) is 14.1. The van der Waals surface area contributed by atoms with Crippen LogP contribution in [-0.2, 0) is 9.59 Å².